The van der Waals surface area contributed by atoms with E-state index in [-0.39, 0.29) is 5.91 Å². The molecule has 3 nitrogen and oxygen atoms in total. The van der Waals surface area contributed by atoms with E-state index in [4.69, 9.17) is 4.74 Å². The lowest BCUT2D eigenvalue weighted by molar-refractivity contribution is -0.118. The molecule has 1 amide bonds. The van der Waals surface area contributed by atoms with Crippen LogP contribution < -0.4 is 10.1 Å². The number of para-hydroxylation sites is 1. The molecule has 0 heterocycles. The number of alkyl halides is 1. The van der Waals surface area contributed by atoms with Crippen molar-refractivity contribution in [3.05, 3.63) is 54.6 Å². The Morgan fingerprint density at radius 3 is 2.50 bits per heavy atom. The van der Waals surface area contributed by atoms with Gasteiger partial charge in [0.25, 0.3) is 0 Å². The van der Waals surface area contributed by atoms with Crippen LogP contribution >= 0.6 is 15.9 Å². The Bertz CT molecular complexity index is 557. The summed E-state index contributed by atoms with van der Waals surface area (Å²) in [6.07, 6.45) is 0. The summed E-state index contributed by atoms with van der Waals surface area (Å²) in [4.78, 5) is 11.1. The highest BCUT2D eigenvalue weighted by Crippen LogP contribution is 2.29. The predicted octanol–water partition coefficient (Wildman–Crippen LogP) is 3.24. The molecule has 2 aromatic rings. The van der Waals surface area contributed by atoms with Crippen molar-refractivity contribution in [2.24, 2.45) is 0 Å². The molecule has 104 valence electrons. The van der Waals surface area contributed by atoms with Crippen LogP contribution in [0.5, 0.6) is 5.75 Å². The summed E-state index contributed by atoms with van der Waals surface area (Å²) in [6, 6.07) is 18.0. The number of amides is 1. The first-order valence-electron chi connectivity index (χ1n) is 6.41. The number of carbonyl (C=O) groups is 1. The SMILES string of the molecule is O=C(CBr)NCCOc1ccccc1-c1ccccc1. The number of hydrogen-bond donors (Lipinski definition) is 1. The van der Waals surface area contributed by atoms with Crippen LogP contribution in [-0.2, 0) is 4.79 Å². The molecule has 0 atom stereocenters. The standard InChI is InChI=1S/C16H16BrNO2/c17-12-16(19)18-10-11-20-15-9-5-4-8-14(15)13-6-2-1-3-7-13/h1-9H,10-12H2,(H,18,19). The zero-order valence-corrected chi connectivity index (χ0v) is 12.6. The molecule has 0 aliphatic rings. The predicted molar refractivity (Wildman–Crippen MR) is 84.2 cm³/mol. The summed E-state index contributed by atoms with van der Waals surface area (Å²) in [7, 11) is 0. The molecular weight excluding hydrogens is 318 g/mol. The molecule has 2 aromatic carbocycles. The molecule has 0 saturated carbocycles. The Balaban J connectivity index is 2.00. The number of rotatable bonds is 6. The fourth-order valence-electron chi connectivity index (χ4n) is 1.85. The van der Waals surface area contributed by atoms with E-state index >= 15 is 0 Å². The molecule has 1 N–H and O–H groups in total. The molecule has 0 saturated heterocycles. The summed E-state index contributed by atoms with van der Waals surface area (Å²) >= 11 is 3.10. The average molecular weight is 334 g/mol. The Hall–Kier alpha value is -1.81. The minimum absolute atomic E-state index is 0.0371. The topological polar surface area (TPSA) is 38.3 Å². The molecule has 20 heavy (non-hydrogen) atoms. The van der Waals surface area contributed by atoms with Crippen molar-refractivity contribution in [1.29, 1.82) is 0 Å². The second-order valence-corrected chi connectivity index (χ2v) is 4.75. The van der Waals surface area contributed by atoms with E-state index in [1.807, 2.05) is 42.5 Å². The second kappa shape index (κ2) is 7.70. The quantitative estimate of drug-likeness (QED) is 0.651. The van der Waals surface area contributed by atoms with Crippen LogP contribution in [0.15, 0.2) is 54.6 Å². The van der Waals surface area contributed by atoms with Crippen molar-refractivity contribution in [3.63, 3.8) is 0 Å². The number of ether oxygens (including phenoxy) is 1. The van der Waals surface area contributed by atoms with Crippen LogP contribution in [0.1, 0.15) is 0 Å². The molecule has 0 radical (unpaired) electrons. The van der Waals surface area contributed by atoms with Crippen molar-refractivity contribution < 1.29 is 9.53 Å². The Labute approximate surface area is 127 Å². The van der Waals surface area contributed by atoms with E-state index in [2.05, 4.69) is 33.4 Å². The summed E-state index contributed by atoms with van der Waals surface area (Å²) in [5.41, 5.74) is 2.17. The average Bonchev–Trinajstić information content (AvgIpc) is 2.52. The van der Waals surface area contributed by atoms with E-state index in [0.29, 0.717) is 18.5 Å². The summed E-state index contributed by atoms with van der Waals surface area (Å²) in [5, 5.41) is 3.06. The fourth-order valence-corrected chi connectivity index (χ4v) is 2.05. The van der Waals surface area contributed by atoms with Crippen LogP contribution in [0.3, 0.4) is 0 Å². The Morgan fingerprint density at radius 2 is 1.75 bits per heavy atom. The van der Waals surface area contributed by atoms with Gasteiger partial charge in [0, 0.05) is 5.56 Å². The third kappa shape index (κ3) is 4.10. The van der Waals surface area contributed by atoms with Crippen molar-refractivity contribution in [1.82, 2.24) is 5.32 Å². The van der Waals surface area contributed by atoms with Crippen molar-refractivity contribution >= 4 is 21.8 Å². The van der Waals surface area contributed by atoms with Gasteiger partial charge < -0.3 is 10.1 Å². The first-order valence-corrected chi connectivity index (χ1v) is 7.53. The van der Waals surface area contributed by atoms with Gasteiger partial charge >= 0.3 is 0 Å². The molecule has 0 bridgehead atoms. The first-order chi connectivity index (χ1) is 9.81. The molecule has 0 aromatic heterocycles. The van der Waals surface area contributed by atoms with Crippen molar-refractivity contribution in [2.45, 2.75) is 0 Å². The van der Waals surface area contributed by atoms with Gasteiger partial charge in [-0.1, -0.05) is 64.5 Å². The molecule has 0 unspecified atom stereocenters. The van der Waals surface area contributed by atoms with Gasteiger partial charge in [0.1, 0.15) is 12.4 Å². The highest BCUT2D eigenvalue weighted by molar-refractivity contribution is 9.09. The number of halogens is 1. The minimum atomic E-state index is -0.0371. The normalized spacial score (nSPS) is 10.1. The smallest absolute Gasteiger partial charge is 0.230 e. The number of hydrogen-bond acceptors (Lipinski definition) is 2. The van der Waals surface area contributed by atoms with Crippen LogP contribution in [0.25, 0.3) is 11.1 Å². The largest absolute Gasteiger partial charge is 0.491 e. The van der Waals surface area contributed by atoms with Gasteiger partial charge in [-0.05, 0) is 11.6 Å². The molecule has 0 aliphatic heterocycles. The Morgan fingerprint density at radius 1 is 1.05 bits per heavy atom. The number of benzene rings is 2. The van der Waals surface area contributed by atoms with E-state index in [1.54, 1.807) is 0 Å². The second-order valence-electron chi connectivity index (χ2n) is 4.19. The number of nitrogens with one attached hydrogen (secondary N) is 1. The zero-order valence-electron chi connectivity index (χ0n) is 11.0. The molecular formula is C16H16BrNO2. The van der Waals surface area contributed by atoms with E-state index in [1.165, 1.54) is 0 Å². The molecule has 2 rings (SSSR count). The summed E-state index contributed by atoms with van der Waals surface area (Å²) < 4.78 is 5.76. The van der Waals surface area contributed by atoms with Crippen molar-refractivity contribution in [3.8, 4) is 16.9 Å². The highest BCUT2D eigenvalue weighted by Gasteiger charge is 2.05. The van der Waals surface area contributed by atoms with E-state index in [9.17, 15) is 4.79 Å². The molecule has 0 aliphatic carbocycles. The fraction of sp³-hybridized carbons (Fsp3) is 0.188. The Kier molecular flexibility index (Phi) is 5.62. The first kappa shape index (κ1) is 14.6. The van der Waals surface area contributed by atoms with Crippen LogP contribution in [-0.4, -0.2) is 24.4 Å². The monoisotopic (exact) mass is 333 g/mol. The third-order valence-corrected chi connectivity index (χ3v) is 3.28. The maximum Gasteiger partial charge on any atom is 0.230 e. The summed E-state index contributed by atoms with van der Waals surface area (Å²) in [6.45, 7) is 0.941. The van der Waals surface area contributed by atoms with Gasteiger partial charge in [0.2, 0.25) is 5.91 Å². The van der Waals surface area contributed by atoms with Gasteiger partial charge in [0.05, 0.1) is 11.9 Å². The lowest BCUT2D eigenvalue weighted by atomic mass is 10.1. The summed E-state index contributed by atoms with van der Waals surface area (Å²) in [5.74, 6) is 0.789. The van der Waals surface area contributed by atoms with Crippen LogP contribution in [0.2, 0.25) is 0 Å². The van der Waals surface area contributed by atoms with Crippen molar-refractivity contribution in [2.75, 3.05) is 18.5 Å². The maximum absolute atomic E-state index is 11.1. The zero-order chi connectivity index (χ0) is 14.2. The lowest BCUT2D eigenvalue weighted by Gasteiger charge is -2.11. The molecule has 4 heteroatoms. The van der Waals surface area contributed by atoms with Crippen LogP contribution in [0, 0.1) is 0 Å². The minimum Gasteiger partial charge on any atom is -0.491 e. The highest BCUT2D eigenvalue weighted by atomic mass is 79.9. The van der Waals surface area contributed by atoms with Gasteiger partial charge in [-0.25, -0.2) is 0 Å². The molecule has 0 fully saturated rings. The van der Waals surface area contributed by atoms with E-state index < -0.39 is 0 Å². The van der Waals surface area contributed by atoms with Gasteiger partial charge in [-0.3, -0.25) is 4.79 Å². The van der Waals surface area contributed by atoms with Gasteiger partial charge in [0.15, 0.2) is 0 Å². The number of carbonyl (C=O) groups excluding carboxylic acids is 1. The van der Waals surface area contributed by atoms with Crippen LogP contribution in [0.4, 0.5) is 0 Å². The lowest BCUT2D eigenvalue weighted by Crippen LogP contribution is -2.28. The maximum atomic E-state index is 11.1. The van der Waals surface area contributed by atoms with E-state index in [0.717, 1.165) is 16.9 Å². The van der Waals surface area contributed by atoms with Gasteiger partial charge in [-0.2, -0.15) is 0 Å². The third-order valence-electron chi connectivity index (χ3n) is 2.78. The van der Waals surface area contributed by atoms with Gasteiger partial charge in [-0.15, -0.1) is 0 Å². The molecule has 0 spiro atoms.